The van der Waals surface area contributed by atoms with E-state index in [9.17, 15) is 0 Å². The number of hydrogen-bond donors (Lipinski definition) is 1. The molecule has 0 aliphatic carbocycles. The quantitative estimate of drug-likeness (QED) is 0.684. The summed E-state index contributed by atoms with van der Waals surface area (Å²) in [5.41, 5.74) is 2.42. The number of rotatable bonds is 4. The Morgan fingerprint density at radius 2 is 1.62 bits per heavy atom. The highest BCUT2D eigenvalue weighted by atomic mass is 35.5. The largest absolute Gasteiger partial charge is 0.306 e. The second kappa shape index (κ2) is 6.30. The zero-order chi connectivity index (χ0) is 14.7. The Balaban J connectivity index is 1.73. The van der Waals surface area contributed by atoms with Gasteiger partial charge in [0, 0.05) is 17.6 Å². The number of halogens is 1. The highest BCUT2D eigenvalue weighted by Gasteiger charge is 2.08. The third kappa shape index (κ3) is 3.26. The van der Waals surface area contributed by atoms with Crippen LogP contribution in [-0.2, 0) is 6.54 Å². The molecule has 3 aromatic rings. The molecule has 1 N–H and O–H groups in total. The smallest absolute Gasteiger partial charge is 0.0453 e. The Morgan fingerprint density at radius 3 is 2.43 bits per heavy atom. The van der Waals surface area contributed by atoms with Gasteiger partial charge in [0.2, 0.25) is 0 Å². The van der Waals surface area contributed by atoms with Gasteiger partial charge in [-0.25, -0.2) is 0 Å². The van der Waals surface area contributed by atoms with Crippen LogP contribution in [0.3, 0.4) is 0 Å². The van der Waals surface area contributed by atoms with Gasteiger partial charge in [0.1, 0.15) is 0 Å². The van der Waals surface area contributed by atoms with Gasteiger partial charge < -0.3 is 5.32 Å². The van der Waals surface area contributed by atoms with Crippen molar-refractivity contribution >= 4 is 22.4 Å². The van der Waals surface area contributed by atoms with E-state index in [1.807, 2.05) is 18.2 Å². The molecular weight excluding hydrogens is 278 g/mol. The van der Waals surface area contributed by atoms with E-state index < -0.39 is 0 Å². The van der Waals surface area contributed by atoms with Crippen molar-refractivity contribution in [3.8, 4) is 0 Å². The first-order chi connectivity index (χ1) is 10.2. The number of nitrogens with one attached hydrogen (secondary N) is 1. The normalized spacial score (nSPS) is 12.5. The second-order valence-electron chi connectivity index (χ2n) is 5.31. The maximum absolute atomic E-state index is 6.24. The Labute approximate surface area is 130 Å². The maximum atomic E-state index is 6.24. The molecule has 106 valence electrons. The van der Waals surface area contributed by atoms with E-state index in [1.165, 1.54) is 16.3 Å². The van der Waals surface area contributed by atoms with Gasteiger partial charge in [-0.3, -0.25) is 0 Å². The first kappa shape index (κ1) is 14.1. The van der Waals surface area contributed by atoms with Gasteiger partial charge in [0.05, 0.1) is 0 Å². The summed E-state index contributed by atoms with van der Waals surface area (Å²) in [5.74, 6) is 0. The SMILES string of the molecule is CC(NCc1ccc2ccccc2c1)c1ccccc1Cl. The molecule has 0 saturated heterocycles. The molecule has 0 aliphatic rings. The fourth-order valence-corrected chi connectivity index (χ4v) is 2.86. The molecule has 1 nitrogen and oxygen atoms in total. The van der Waals surface area contributed by atoms with Gasteiger partial charge in [0.25, 0.3) is 0 Å². The molecule has 2 heteroatoms. The molecule has 0 fully saturated rings. The molecular formula is C19H18ClN. The monoisotopic (exact) mass is 295 g/mol. The van der Waals surface area contributed by atoms with Crippen LogP contribution in [0, 0.1) is 0 Å². The zero-order valence-electron chi connectivity index (χ0n) is 12.0. The molecule has 21 heavy (non-hydrogen) atoms. The molecule has 1 unspecified atom stereocenters. The minimum atomic E-state index is 0.227. The molecule has 1 atom stereocenters. The van der Waals surface area contributed by atoms with Crippen LogP contribution in [0.25, 0.3) is 10.8 Å². The van der Waals surface area contributed by atoms with E-state index in [0.29, 0.717) is 0 Å². The van der Waals surface area contributed by atoms with E-state index in [4.69, 9.17) is 11.6 Å². The van der Waals surface area contributed by atoms with Crippen LogP contribution in [0.5, 0.6) is 0 Å². The lowest BCUT2D eigenvalue weighted by Crippen LogP contribution is -2.18. The fourth-order valence-electron chi connectivity index (χ4n) is 2.56. The van der Waals surface area contributed by atoms with Crippen molar-refractivity contribution in [2.75, 3.05) is 0 Å². The molecule has 3 rings (SSSR count). The van der Waals surface area contributed by atoms with Crippen LogP contribution in [0.1, 0.15) is 24.1 Å². The Kier molecular flexibility index (Phi) is 4.23. The van der Waals surface area contributed by atoms with Gasteiger partial charge in [0.15, 0.2) is 0 Å². The van der Waals surface area contributed by atoms with Crippen molar-refractivity contribution in [2.45, 2.75) is 19.5 Å². The summed E-state index contributed by atoms with van der Waals surface area (Å²) in [4.78, 5) is 0. The Morgan fingerprint density at radius 1 is 0.905 bits per heavy atom. The van der Waals surface area contributed by atoms with Gasteiger partial charge in [-0.1, -0.05) is 66.2 Å². The third-order valence-electron chi connectivity index (χ3n) is 3.80. The van der Waals surface area contributed by atoms with Crippen molar-refractivity contribution in [2.24, 2.45) is 0 Å². The zero-order valence-corrected chi connectivity index (χ0v) is 12.8. The van der Waals surface area contributed by atoms with E-state index in [-0.39, 0.29) is 6.04 Å². The third-order valence-corrected chi connectivity index (χ3v) is 4.14. The molecule has 0 heterocycles. The predicted molar refractivity (Wildman–Crippen MR) is 90.7 cm³/mol. The first-order valence-electron chi connectivity index (χ1n) is 7.19. The van der Waals surface area contributed by atoms with Gasteiger partial charge in [-0.05, 0) is 41.0 Å². The lowest BCUT2D eigenvalue weighted by Gasteiger charge is -2.16. The molecule has 3 aromatic carbocycles. The number of hydrogen-bond acceptors (Lipinski definition) is 1. The van der Waals surface area contributed by atoms with Crippen LogP contribution in [0.15, 0.2) is 66.7 Å². The predicted octanol–water partition coefficient (Wildman–Crippen LogP) is 5.34. The standard InChI is InChI=1S/C19H18ClN/c1-14(18-8-4-5-9-19(18)20)21-13-15-10-11-16-6-2-3-7-17(16)12-15/h2-12,14,21H,13H2,1H3. The second-order valence-corrected chi connectivity index (χ2v) is 5.71. The topological polar surface area (TPSA) is 12.0 Å². The van der Waals surface area contributed by atoms with Crippen LogP contribution < -0.4 is 5.32 Å². The van der Waals surface area contributed by atoms with E-state index in [1.54, 1.807) is 0 Å². The van der Waals surface area contributed by atoms with Crippen molar-refractivity contribution in [3.63, 3.8) is 0 Å². The first-order valence-corrected chi connectivity index (χ1v) is 7.57. The summed E-state index contributed by atoms with van der Waals surface area (Å²) in [6.45, 7) is 2.97. The Bertz CT molecular complexity index is 751. The van der Waals surface area contributed by atoms with E-state index >= 15 is 0 Å². The summed E-state index contributed by atoms with van der Waals surface area (Å²) >= 11 is 6.24. The van der Waals surface area contributed by atoms with Crippen molar-refractivity contribution in [3.05, 3.63) is 82.9 Å². The van der Waals surface area contributed by atoms with Crippen LogP contribution in [0.2, 0.25) is 5.02 Å². The highest BCUT2D eigenvalue weighted by molar-refractivity contribution is 6.31. The lowest BCUT2D eigenvalue weighted by atomic mass is 10.1. The number of fused-ring (bicyclic) bond motifs is 1. The van der Waals surface area contributed by atoms with Crippen molar-refractivity contribution < 1.29 is 0 Å². The number of benzene rings is 3. The van der Waals surface area contributed by atoms with Crippen molar-refractivity contribution in [1.82, 2.24) is 5.32 Å². The maximum Gasteiger partial charge on any atom is 0.0453 e. The summed E-state index contributed by atoms with van der Waals surface area (Å²) in [7, 11) is 0. The van der Waals surface area contributed by atoms with Gasteiger partial charge in [-0.15, -0.1) is 0 Å². The van der Waals surface area contributed by atoms with Crippen LogP contribution >= 0.6 is 11.6 Å². The van der Waals surface area contributed by atoms with Gasteiger partial charge >= 0.3 is 0 Å². The molecule has 0 aromatic heterocycles. The van der Waals surface area contributed by atoms with Crippen LogP contribution in [0.4, 0.5) is 0 Å². The Hall–Kier alpha value is -1.83. The van der Waals surface area contributed by atoms with E-state index in [2.05, 4.69) is 60.8 Å². The molecule has 0 amide bonds. The summed E-state index contributed by atoms with van der Waals surface area (Å²) < 4.78 is 0. The lowest BCUT2D eigenvalue weighted by molar-refractivity contribution is 0.575. The molecule has 0 bridgehead atoms. The molecule has 0 saturated carbocycles. The van der Waals surface area contributed by atoms with E-state index in [0.717, 1.165) is 17.1 Å². The molecule has 0 radical (unpaired) electrons. The van der Waals surface area contributed by atoms with Crippen molar-refractivity contribution in [1.29, 1.82) is 0 Å². The summed E-state index contributed by atoms with van der Waals surface area (Å²) in [5, 5.41) is 6.91. The fraction of sp³-hybridized carbons (Fsp3) is 0.158. The van der Waals surface area contributed by atoms with Crippen LogP contribution in [-0.4, -0.2) is 0 Å². The summed E-state index contributed by atoms with van der Waals surface area (Å²) in [6, 6.07) is 23.2. The summed E-state index contributed by atoms with van der Waals surface area (Å²) in [6.07, 6.45) is 0. The van der Waals surface area contributed by atoms with Gasteiger partial charge in [-0.2, -0.15) is 0 Å². The highest BCUT2D eigenvalue weighted by Crippen LogP contribution is 2.23. The minimum Gasteiger partial charge on any atom is -0.306 e. The molecule has 0 aliphatic heterocycles. The minimum absolute atomic E-state index is 0.227. The molecule has 0 spiro atoms. The average Bonchev–Trinajstić information content (AvgIpc) is 2.53. The average molecular weight is 296 g/mol.